The van der Waals surface area contributed by atoms with E-state index < -0.39 is 6.10 Å². The van der Waals surface area contributed by atoms with Gasteiger partial charge in [-0.05, 0) is 32.0 Å². The van der Waals surface area contributed by atoms with Gasteiger partial charge in [-0.15, -0.1) is 0 Å². The SMILES string of the molecule is CC(C)OCC(O)CNc1ccc(Br)cc1Cl. The molecule has 96 valence electrons. The van der Waals surface area contributed by atoms with E-state index in [1.165, 1.54) is 0 Å². The predicted octanol–water partition coefficient (Wildman–Crippen LogP) is 3.30. The third-order valence-electron chi connectivity index (χ3n) is 2.08. The summed E-state index contributed by atoms with van der Waals surface area (Å²) in [5.74, 6) is 0. The normalized spacial score (nSPS) is 12.8. The standard InChI is InChI=1S/C12H17BrClNO2/c1-8(2)17-7-10(16)6-15-12-4-3-9(13)5-11(12)14/h3-5,8,10,15-16H,6-7H2,1-2H3. The van der Waals surface area contributed by atoms with Crippen molar-refractivity contribution in [3.63, 3.8) is 0 Å². The maximum atomic E-state index is 9.67. The lowest BCUT2D eigenvalue weighted by atomic mass is 10.3. The minimum atomic E-state index is -0.544. The van der Waals surface area contributed by atoms with Gasteiger partial charge >= 0.3 is 0 Å². The highest BCUT2D eigenvalue weighted by atomic mass is 79.9. The smallest absolute Gasteiger partial charge is 0.0945 e. The summed E-state index contributed by atoms with van der Waals surface area (Å²) in [5, 5.41) is 13.4. The van der Waals surface area contributed by atoms with Crippen LogP contribution in [0.1, 0.15) is 13.8 Å². The van der Waals surface area contributed by atoms with E-state index in [0.29, 0.717) is 18.2 Å². The lowest BCUT2D eigenvalue weighted by Crippen LogP contribution is -2.26. The minimum absolute atomic E-state index is 0.126. The van der Waals surface area contributed by atoms with Crippen LogP contribution < -0.4 is 5.32 Å². The molecule has 1 rings (SSSR count). The van der Waals surface area contributed by atoms with Crippen LogP contribution in [0.2, 0.25) is 5.02 Å². The average molecular weight is 323 g/mol. The summed E-state index contributed by atoms with van der Waals surface area (Å²) in [7, 11) is 0. The molecule has 0 bridgehead atoms. The molecule has 0 saturated carbocycles. The monoisotopic (exact) mass is 321 g/mol. The molecular formula is C12H17BrClNO2. The summed E-state index contributed by atoms with van der Waals surface area (Å²) in [4.78, 5) is 0. The van der Waals surface area contributed by atoms with Gasteiger partial charge in [-0.2, -0.15) is 0 Å². The van der Waals surface area contributed by atoms with Crippen molar-refractivity contribution >= 4 is 33.2 Å². The Morgan fingerprint density at radius 1 is 1.47 bits per heavy atom. The second-order valence-corrected chi connectivity index (χ2v) is 5.36. The molecule has 0 heterocycles. The van der Waals surface area contributed by atoms with E-state index in [0.717, 1.165) is 10.2 Å². The van der Waals surface area contributed by atoms with E-state index in [1.807, 2.05) is 26.0 Å². The Bertz CT molecular complexity index is 360. The summed E-state index contributed by atoms with van der Waals surface area (Å²) in [6, 6.07) is 5.56. The summed E-state index contributed by atoms with van der Waals surface area (Å²) in [6.45, 7) is 4.60. The molecule has 0 radical (unpaired) electrons. The molecule has 1 atom stereocenters. The van der Waals surface area contributed by atoms with Gasteiger partial charge in [0.05, 0.1) is 29.5 Å². The molecule has 0 saturated heterocycles. The van der Waals surface area contributed by atoms with E-state index in [9.17, 15) is 5.11 Å². The number of benzene rings is 1. The van der Waals surface area contributed by atoms with Crippen LogP contribution in [0, 0.1) is 0 Å². The van der Waals surface area contributed by atoms with Crippen molar-refractivity contribution in [3.05, 3.63) is 27.7 Å². The van der Waals surface area contributed by atoms with E-state index in [2.05, 4.69) is 21.2 Å². The molecule has 1 aromatic carbocycles. The molecule has 3 nitrogen and oxygen atoms in total. The largest absolute Gasteiger partial charge is 0.389 e. The number of aliphatic hydroxyl groups is 1. The van der Waals surface area contributed by atoms with Crippen LogP contribution in [0.4, 0.5) is 5.69 Å². The van der Waals surface area contributed by atoms with Gasteiger partial charge in [0.25, 0.3) is 0 Å². The molecule has 0 aliphatic rings. The van der Waals surface area contributed by atoms with Crippen LogP contribution in [0.3, 0.4) is 0 Å². The number of nitrogens with one attached hydrogen (secondary N) is 1. The van der Waals surface area contributed by atoms with Gasteiger partial charge in [0.1, 0.15) is 0 Å². The van der Waals surface area contributed by atoms with Crippen molar-refractivity contribution in [2.45, 2.75) is 26.1 Å². The fraction of sp³-hybridized carbons (Fsp3) is 0.500. The molecule has 1 aromatic rings. The number of halogens is 2. The molecule has 0 aliphatic heterocycles. The molecule has 0 aliphatic carbocycles. The van der Waals surface area contributed by atoms with Crippen molar-refractivity contribution in [2.75, 3.05) is 18.5 Å². The molecule has 1 unspecified atom stereocenters. The Hall–Kier alpha value is -0.290. The molecule has 17 heavy (non-hydrogen) atoms. The zero-order valence-electron chi connectivity index (χ0n) is 9.91. The molecule has 0 aromatic heterocycles. The maximum Gasteiger partial charge on any atom is 0.0945 e. The van der Waals surface area contributed by atoms with Crippen LogP contribution in [0.5, 0.6) is 0 Å². The highest BCUT2D eigenvalue weighted by molar-refractivity contribution is 9.10. The van der Waals surface area contributed by atoms with E-state index in [1.54, 1.807) is 6.07 Å². The number of ether oxygens (including phenoxy) is 1. The van der Waals surface area contributed by atoms with Gasteiger partial charge < -0.3 is 15.2 Å². The highest BCUT2D eigenvalue weighted by Gasteiger charge is 2.07. The van der Waals surface area contributed by atoms with Crippen molar-refractivity contribution in [3.8, 4) is 0 Å². The highest BCUT2D eigenvalue weighted by Crippen LogP contribution is 2.25. The van der Waals surface area contributed by atoms with E-state index >= 15 is 0 Å². The van der Waals surface area contributed by atoms with Crippen LogP contribution in [0.15, 0.2) is 22.7 Å². The van der Waals surface area contributed by atoms with Gasteiger partial charge in [0, 0.05) is 11.0 Å². The van der Waals surface area contributed by atoms with E-state index in [4.69, 9.17) is 16.3 Å². The lowest BCUT2D eigenvalue weighted by Gasteiger charge is -2.15. The number of hydrogen-bond acceptors (Lipinski definition) is 3. The first kappa shape index (κ1) is 14.8. The summed E-state index contributed by atoms with van der Waals surface area (Å²) < 4.78 is 6.24. The second kappa shape index (κ2) is 7.21. The van der Waals surface area contributed by atoms with Crippen molar-refractivity contribution in [1.29, 1.82) is 0 Å². The third-order valence-corrected chi connectivity index (χ3v) is 2.89. The second-order valence-electron chi connectivity index (χ2n) is 4.04. The van der Waals surface area contributed by atoms with Crippen molar-refractivity contribution in [2.24, 2.45) is 0 Å². The zero-order chi connectivity index (χ0) is 12.8. The summed E-state index contributed by atoms with van der Waals surface area (Å²) in [5.41, 5.74) is 0.804. The molecule has 2 N–H and O–H groups in total. The Labute approximate surface area is 115 Å². The van der Waals surface area contributed by atoms with Gasteiger partial charge in [0.15, 0.2) is 0 Å². The van der Waals surface area contributed by atoms with Crippen molar-refractivity contribution in [1.82, 2.24) is 0 Å². The average Bonchev–Trinajstić information content (AvgIpc) is 2.25. The fourth-order valence-corrected chi connectivity index (χ4v) is 1.96. The van der Waals surface area contributed by atoms with Crippen LogP contribution in [0.25, 0.3) is 0 Å². The van der Waals surface area contributed by atoms with Crippen molar-refractivity contribution < 1.29 is 9.84 Å². The number of hydrogen-bond donors (Lipinski definition) is 2. The van der Waals surface area contributed by atoms with Crippen LogP contribution in [-0.4, -0.2) is 30.5 Å². The molecule has 0 spiro atoms. The molecule has 5 heteroatoms. The zero-order valence-corrected chi connectivity index (χ0v) is 12.3. The maximum absolute atomic E-state index is 9.67. The predicted molar refractivity (Wildman–Crippen MR) is 74.7 cm³/mol. The Morgan fingerprint density at radius 2 is 2.18 bits per heavy atom. The Morgan fingerprint density at radius 3 is 2.76 bits per heavy atom. The van der Waals surface area contributed by atoms with Gasteiger partial charge in [-0.1, -0.05) is 27.5 Å². The Kier molecular flexibility index (Phi) is 6.27. The number of rotatable bonds is 6. The van der Waals surface area contributed by atoms with Crippen LogP contribution >= 0.6 is 27.5 Å². The molecular weight excluding hydrogens is 305 g/mol. The topological polar surface area (TPSA) is 41.5 Å². The molecule has 0 amide bonds. The quantitative estimate of drug-likeness (QED) is 0.844. The number of anilines is 1. The van der Waals surface area contributed by atoms with E-state index in [-0.39, 0.29) is 6.10 Å². The first-order chi connectivity index (χ1) is 7.99. The lowest BCUT2D eigenvalue weighted by molar-refractivity contribution is 0.0112. The first-order valence-electron chi connectivity index (χ1n) is 5.47. The van der Waals surface area contributed by atoms with Gasteiger partial charge in [-0.25, -0.2) is 0 Å². The van der Waals surface area contributed by atoms with Gasteiger partial charge in [-0.3, -0.25) is 0 Å². The summed E-state index contributed by atoms with van der Waals surface area (Å²) in [6.07, 6.45) is -0.418. The number of aliphatic hydroxyl groups excluding tert-OH is 1. The molecule has 0 fully saturated rings. The fourth-order valence-electron chi connectivity index (χ4n) is 1.22. The summed E-state index contributed by atoms with van der Waals surface area (Å²) >= 11 is 9.37. The van der Waals surface area contributed by atoms with Gasteiger partial charge in [0.2, 0.25) is 0 Å². The third kappa shape index (κ3) is 5.73. The first-order valence-corrected chi connectivity index (χ1v) is 6.64. The van der Waals surface area contributed by atoms with Crippen LogP contribution in [-0.2, 0) is 4.74 Å². The Balaban J connectivity index is 2.39. The minimum Gasteiger partial charge on any atom is -0.389 e.